The normalized spacial score (nSPS) is 12.7. The van der Waals surface area contributed by atoms with Gasteiger partial charge in [-0.25, -0.2) is 0 Å². The van der Waals surface area contributed by atoms with Crippen LogP contribution in [0.15, 0.2) is 53.4 Å². The quantitative estimate of drug-likeness (QED) is 0.231. The van der Waals surface area contributed by atoms with Gasteiger partial charge in [-0.05, 0) is 30.7 Å². The van der Waals surface area contributed by atoms with Gasteiger partial charge >= 0.3 is 65.1 Å². The van der Waals surface area contributed by atoms with Crippen LogP contribution in [0.2, 0.25) is 0 Å². The van der Waals surface area contributed by atoms with Crippen molar-refractivity contribution in [3.8, 4) is 5.75 Å². The second-order valence-corrected chi connectivity index (χ2v) is 7.20. The number of hydrogen-bond donors (Lipinski definition) is 1. The summed E-state index contributed by atoms with van der Waals surface area (Å²) in [4.78, 5) is 37.0. The van der Waals surface area contributed by atoms with Crippen molar-refractivity contribution in [3.63, 3.8) is 0 Å². The van der Waals surface area contributed by atoms with Crippen LogP contribution in [0.1, 0.15) is 33.6 Å². The summed E-state index contributed by atoms with van der Waals surface area (Å²) in [6, 6.07) is 11.6. The molecule has 3 rings (SSSR count). The molecule has 0 radical (unpaired) electrons. The van der Waals surface area contributed by atoms with E-state index < -0.39 is 32.8 Å². The van der Waals surface area contributed by atoms with E-state index in [-0.39, 0.29) is 84.3 Å². The molecule has 0 atom stereocenters. The van der Waals surface area contributed by atoms with E-state index in [1.165, 1.54) is 18.2 Å². The summed E-state index contributed by atoms with van der Waals surface area (Å²) in [5, 5.41) is 0. The van der Waals surface area contributed by atoms with Gasteiger partial charge < -0.3 is 4.74 Å². The molecule has 8 nitrogen and oxygen atoms in total. The zero-order valence-corrected chi connectivity index (χ0v) is 14.8. The molecule has 1 aliphatic rings. The molecule has 0 bridgehead atoms. The van der Waals surface area contributed by atoms with E-state index in [1.807, 2.05) is 0 Å². The number of hydrogen-bond acceptors (Lipinski definition) is 6. The third kappa shape index (κ3) is 5.99. The summed E-state index contributed by atoms with van der Waals surface area (Å²) >= 11 is 0. The van der Waals surface area contributed by atoms with Gasteiger partial charge in [-0.1, -0.05) is 24.3 Å². The van der Waals surface area contributed by atoms with Crippen molar-refractivity contribution in [2.75, 3.05) is 6.54 Å². The van der Waals surface area contributed by atoms with Gasteiger partial charge in [0.2, 0.25) is 0 Å². The minimum absolute atomic E-state index is 0. The van der Waals surface area contributed by atoms with Crippen molar-refractivity contribution in [1.29, 1.82) is 0 Å². The number of carbonyl (C=O) groups excluding carboxylic acids is 3. The molecule has 29 heavy (non-hydrogen) atoms. The number of carbonyl (C=O) groups is 3. The second kappa shape index (κ2) is 10.8. The summed E-state index contributed by atoms with van der Waals surface area (Å²) in [6.45, 7) is 0.0292. The van der Waals surface area contributed by atoms with Gasteiger partial charge in [0.25, 0.3) is 21.9 Å². The molecule has 0 saturated heterocycles. The van der Waals surface area contributed by atoms with Crippen molar-refractivity contribution < 1.29 is 32.1 Å². The Hall–Kier alpha value is -1.04. The molecule has 11 heteroatoms. The van der Waals surface area contributed by atoms with E-state index in [2.05, 4.69) is 0 Å². The van der Waals surface area contributed by atoms with Gasteiger partial charge in [0, 0.05) is 13.0 Å². The Morgan fingerprint density at radius 2 is 1.45 bits per heavy atom. The number of nitrogens with zero attached hydrogens (tertiary/aromatic N) is 1. The summed E-state index contributed by atoms with van der Waals surface area (Å²) < 4.78 is 36.7. The third-order valence-corrected chi connectivity index (χ3v) is 4.88. The molecule has 2 aromatic carbocycles. The molecule has 1 heterocycles. The monoisotopic (exact) mass is 437 g/mol. The van der Waals surface area contributed by atoms with Crippen LogP contribution in [-0.2, 0) is 14.9 Å². The van der Waals surface area contributed by atoms with E-state index >= 15 is 0 Å². The fourth-order valence-electron chi connectivity index (χ4n) is 2.74. The van der Waals surface area contributed by atoms with Gasteiger partial charge in [0.1, 0.15) is 4.90 Å². The SMILES string of the molecule is O=C(CCCN1C(=O)c2ccccc2C1=O)Oc1ccccc1S(=O)(=O)O.[NaH].[NaH]. The van der Waals surface area contributed by atoms with Crippen LogP contribution in [-0.4, -0.2) is 101 Å². The molecule has 0 saturated carbocycles. The van der Waals surface area contributed by atoms with Crippen molar-refractivity contribution in [1.82, 2.24) is 4.90 Å². The maximum atomic E-state index is 12.2. The van der Waals surface area contributed by atoms with Crippen LogP contribution in [0, 0.1) is 0 Å². The molecule has 0 aliphatic carbocycles. The van der Waals surface area contributed by atoms with E-state index in [1.54, 1.807) is 24.3 Å². The Labute approximate surface area is 211 Å². The average Bonchev–Trinajstić information content (AvgIpc) is 2.86. The van der Waals surface area contributed by atoms with E-state index in [0.29, 0.717) is 11.1 Å². The van der Waals surface area contributed by atoms with Gasteiger partial charge in [-0.15, -0.1) is 0 Å². The summed E-state index contributed by atoms with van der Waals surface area (Å²) in [7, 11) is -4.53. The minimum atomic E-state index is -4.53. The number of amides is 2. The van der Waals surface area contributed by atoms with E-state index in [0.717, 1.165) is 11.0 Å². The summed E-state index contributed by atoms with van der Waals surface area (Å²) in [5.41, 5.74) is 0.652. The first-order valence-electron chi connectivity index (χ1n) is 8.01. The third-order valence-electron chi connectivity index (χ3n) is 3.99. The molecule has 1 aliphatic heterocycles. The number of para-hydroxylation sites is 1. The predicted molar refractivity (Wildman–Crippen MR) is 107 cm³/mol. The molecule has 2 amide bonds. The first kappa shape index (κ1) is 26.0. The van der Waals surface area contributed by atoms with E-state index in [9.17, 15) is 22.8 Å². The van der Waals surface area contributed by atoms with Crippen molar-refractivity contribution in [2.45, 2.75) is 17.7 Å². The zero-order valence-electron chi connectivity index (χ0n) is 14.0. The molecule has 0 spiro atoms. The fourth-order valence-corrected chi connectivity index (χ4v) is 3.36. The Bertz CT molecular complexity index is 1010. The number of imide groups is 1. The molecule has 0 unspecified atom stereocenters. The second-order valence-electron chi connectivity index (χ2n) is 5.81. The van der Waals surface area contributed by atoms with Crippen LogP contribution in [0.25, 0.3) is 0 Å². The van der Waals surface area contributed by atoms with Gasteiger partial charge in [-0.2, -0.15) is 8.42 Å². The first-order chi connectivity index (χ1) is 12.8. The number of rotatable bonds is 6. The van der Waals surface area contributed by atoms with Crippen LogP contribution < -0.4 is 4.74 Å². The Balaban J connectivity index is 0.00000210. The molecule has 0 fully saturated rings. The molecular weight excluding hydrogens is 420 g/mol. The van der Waals surface area contributed by atoms with Gasteiger partial charge in [0.15, 0.2) is 5.75 Å². The number of benzene rings is 2. The van der Waals surface area contributed by atoms with Crippen LogP contribution in [0.3, 0.4) is 0 Å². The number of fused-ring (bicyclic) bond motifs is 1. The van der Waals surface area contributed by atoms with E-state index in [4.69, 9.17) is 9.29 Å². The Kier molecular flexibility index (Phi) is 9.71. The van der Waals surface area contributed by atoms with Crippen molar-refractivity contribution in [3.05, 3.63) is 59.7 Å². The number of esters is 1. The first-order valence-corrected chi connectivity index (χ1v) is 9.45. The molecular formula is C18H17NNa2O7S. The Morgan fingerprint density at radius 3 is 2.00 bits per heavy atom. The van der Waals surface area contributed by atoms with Gasteiger partial charge in [0.05, 0.1) is 11.1 Å². The van der Waals surface area contributed by atoms with Crippen LogP contribution >= 0.6 is 0 Å². The number of ether oxygens (including phenoxy) is 1. The Morgan fingerprint density at radius 1 is 0.931 bits per heavy atom. The van der Waals surface area contributed by atoms with Crippen LogP contribution in [0.4, 0.5) is 0 Å². The molecule has 144 valence electrons. The maximum absolute atomic E-state index is 12.2. The van der Waals surface area contributed by atoms with Gasteiger partial charge in [-0.3, -0.25) is 23.8 Å². The summed E-state index contributed by atoms with van der Waals surface area (Å²) in [6.07, 6.45) is 0.00552. The fraction of sp³-hybridized carbons (Fsp3) is 0.167. The van der Waals surface area contributed by atoms with Crippen molar-refractivity contribution >= 4 is 87.0 Å². The standard InChI is InChI=1S/C18H15NO7S.2Na.2H/c20-16(26-14-8-3-4-9-15(14)27(23,24)25)10-5-11-19-17(21)12-6-1-2-7-13(12)18(19)22;;;;/h1-4,6-9H,5,10-11H2,(H,23,24,25);;;;. The topological polar surface area (TPSA) is 118 Å². The predicted octanol–water partition coefficient (Wildman–Crippen LogP) is 0.618. The van der Waals surface area contributed by atoms with Crippen LogP contribution in [0.5, 0.6) is 5.75 Å². The van der Waals surface area contributed by atoms with Crippen molar-refractivity contribution in [2.24, 2.45) is 0 Å². The zero-order chi connectivity index (χ0) is 19.6. The average molecular weight is 437 g/mol. The molecule has 1 N–H and O–H groups in total. The molecule has 2 aromatic rings. The summed E-state index contributed by atoms with van der Waals surface area (Å²) in [5.74, 6) is -1.87. The molecule has 0 aromatic heterocycles.